The summed E-state index contributed by atoms with van der Waals surface area (Å²) in [5.74, 6) is -3.54. The fourth-order valence-corrected chi connectivity index (χ4v) is 3.35. The van der Waals surface area contributed by atoms with Crippen LogP contribution in [0.3, 0.4) is 0 Å². The van der Waals surface area contributed by atoms with Gasteiger partial charge >= 0.3 is 5.97 Å². The number of hydrogen-bond acceptors (Lipinski definition) is 5. The van der Waals surface area contributed by atoms with Crippen molar-refractivity contribution < 1.29 is 24.4 Å². The van der Waals surface area contributed by atoms with Crippen LogP contribution in [0, 0.1) is 28.9 Å². The molecule has 2 aliphatic heterocycles. The van der Waals surface area contributed by atoms with Crippen LogP contribution in [0.25, 0.3) is 0 Å². The van der Waals surface area contributed by atoms with Gasteiger partial charge in [0.05, 0.1) is 28.2 Å². The molecule has 0 aromatic heterocycles. The van der Waals surface area contributed by atoms with E-state index in [1.807, 2.05) is 0 Å². The van der Waals surface area contributed by atoms with Crippen LogP contribution in [-0.4, -0.2) is 33.6 Å². The number of carboxylic acids is 1. The Hall–Kier alpha value is -2.74. The Kier molecular flexibility index (Phi) is 3.64. The van der Waals surface area contributed by atoms with Crippen molar-refractivity contribution in [3.05, 3.63) is 46.0 Å². The Morgan fingerprint density at radius 1 is 1.42 bits per heavy atom. The molecular formula is C16H16N2O6. The normalized spacial score (nSPS) is 30.3. The minimum atomic E-state index is -1.11. The number of non-ortho nitro benzene ring substituents is 1. The van der Waals surface area contributed by atoms with Gasteiger partial charge in [0.15, 0.2) is 0 Å². The van der Waals surface area contributed by atoms with Gasteiger partial charge in [-0.25, -0.2) is 0 Å². The van der Waals surface area contributed by atoms with E-state index in [9.17, 15) is 24.8 Å². The molecule has 1 aromatic rings. The van der Waals surface area contributed by atoms with Gasteiger partial charge in [-0.3, -0.25) is 19.7 Å². The summed E-state index contributed by atoms with van der Waals surface area (Å²) in [6.07, 6.45) is 2.71. The van der Waals surface area contributed by atoms with Crippen molar-refractivity contribution >= 4 is 23.3 Å². The highest BCUT2D eigenvalue weighted by atomic mass is 16.6. The standard InChI is InChI=1S/C16H16N2O6/c1-8-3-4-9(18(22)23)7-10(8)17-14(19)13-12(15(20)21)11-5-6-16(13,2)24-11/h3-7,11-13H,1-2H3,(H,17,19)(H,20,21)/t11-,12-,13+,16-/m1/s1. The number of amides is 1. The van der Waals surface area contributed by atoms with Crippen molar-refractivity contribution in [1.29, 1.82) is 0 Å². The zero-order valence-corrected chi connectivity index (χ0v) is 13.1. The number of nitro benzene ring substituents is 1. The SMILES string of the molecule is Cc1ccc([N+](=O)[O-])cc1NC(=O)[C@@H]1[C@H](C(=O)O)[C@H]2C=C[C@@]1(C)O2. The first-order valence-electron chi connectivity index (χ1n) is 7.39. The Bertz CT molecular complexity index is 774. The van der Waals surface area contributed by atoms with Gasteiger partial charge in [-0.1, -0.05) is 18.2 Å². The molecule has 0 radical (unpaired) electrons. The monoisotopic (exact) mass is 332 g/mol. The number of aryl methyl sites for hydroxylation is 1. The highest BCUT2D eigenvalue weighted by molar-refractivity contribution is 5.98. The Balaban J connectivity index is 1.90. The molecule has 2 bridgehead atoms. The first-order valence-corrected chi connectivity index (χ1v) is 7.39. The number of carbonyl (C=O) groups excluding carboxylic acids is 1. The number of nitrogens with zero attached hydrogens (tertiary/aromatic N) is 1. The van der Waals surface area contributed by atoms with E-state index in [0.717, 1.165) is 0 Å². The van der Waals surface area contributed by atoms with E-state index in [1.54, 1.807) is 26.0 Å². The van der Waals surface area contributed by atoms with Gasteiger partial charge < -0.3 is 15.2 Å². The predicted octanol–water partition coefficient (Wildman–Crippen LogP) is 1.89. The van der Waals surface area contributed by atoms with E-state index < -0.39 is 40.3 Å². The van der Waals surface area contributed by atoms with Gasteiger partial charge in [0, 0.05) is 12.1 Å². The van der Waals surface area contributed by atoms with Crippen molar-refractivity contribution in [2.45, 2.75) is 25.6 Å². The second-order valence-electron chi connectivity index (χ2n) is 6.21. The Labute approximate surface area is 137 Å². The topological polar surface area (TPSA) is 119 Å². The summed E-state index contributed by atoms with van der Waals surface area (Å²) in [6, 6.07) is 4.13. The second-order valence-corrected chi connectivity index (χ2v) is 6.21. The summed E-state index contributed by atoms with van der Waals surface area (Å²) in [5, 5.41) is 22.9. The van der Waals surface area contributed by atoms with Gasteiger partial charge in [0.25, 0.3) is 5.69 Å². The second kappa shape index (κ2) is 5.41. The third-order valence-electron chi connectivity index (χ3n) is 4.59. The molecule has 1 amide bonds. The summed E-state index contributed by atoms with van der Waals surface area (Å²) in [4.78, 5) is 34.6. The molecule has 2 aliphatic rings. The van der Waals surface area contributed by atoms with Gasteiger partial charge in [-0.05, 0) is 19.4 Å². The molecule has 1 aromatic carbocycles. The molecule has 0 saturated carbocycles. The van der Waals surface area contributed by atoms with Crippen LogP contribution >= 0.6 is 0 Å². The first kappa shape index (κ1) is 16.1. The molecule has 0 aliphatic carbocycles. The summed E-state index contributed by atoms with van der Waals surface area (Å²) < 4.78 is 5.64. The van der Waals surface area contributed by atoms with E-state index in [2.05, 4.69) is 5.32 Å². The maximum Gasteiger partial charge on any atom is 0.310 e. The molecule has 8 nitrogen and oxygen atoms in total. The molecule has 3 rings (SSSR count). The average molecular weight is 332 g/mol. The van der Waals surface area contributed by atoms with Gasteiger partial charge in [-0.15, -0.1) is 0 Å². The van der Waals surface area contributed by atoms with Crippen LogP contribution in [0.4, 0.5) is 11.4 Å². The van der Waals surface area contributed by atoms with E-state index in [4.69, 9.17) is 4.74 Å². The molecule has 2 heterocycles. The van der Waals surface area contributed by atoms with Gasteiger partial charge in [0.2, 0.25) is 5.91 Å². The first-order chi connectivity index (χ1) is 11.2. The fourth-order valence-electron chi connectivity index (χ4n) is 3.35. The lowest BCUT2D eigenvalue weighted by molar-refractivity contribution is -0.384. The van der Waals surface area contributed by atoms with Crippen LogP contribution in [0.2, 0.25) is 0 Å². The molecule has 4 atom stereocenters. The van der Waals surface area contributed by atoms with E-state index >= 15 is 0 Å². The smallest absolute Gasteiger partial charge is 0.310 e. The Morgan fingerprint density at radius 3 is 2.75 bits per heavy atom. The van der Waals surface area contributed by atoms with Crippen molar-refractivity contribution in [2.75, 3.05) is 5.32 Å². The Morgan fingerprint density at radius 2 is 2.12 bits per heavy atom. The number of carboxylic acid groups (broad SMARTS) is 1. The quantitative estimate of drug-likeness (QED) is 0.494. The van der Waals surface area contributed by atoms with Crippen LogP contribution in [0.15, 0.2) is 30.4 Å². The highest BCUT2D eigenvalue weighted by Gasteiger charge is 2.59. The molecule has 1 fully saturated rings. The maximum atomic E-state index is 12.7. The minimum Gasteiger partial charge on any atom is -0.481 e. The minimum absolute atomic E-state index is 0.152. The summed E-state index contributed by atoms with van der Waals surface area (Å²) >= 11 is 0. The summed E-state index contributed by atoms with van der Waals surface area (Å²) in [6.45, 7) is 3.37. The molecule has 24 heavy (non-hydrogen) atoms. The lowest BCUT2D eigenvalue weighted by Gasteiger charge is -2.28. The number of benzene rings is 1. The lowest BCUT2D eigenvalue weighted by atomic mass is 9.75. The molecule has 2 N–H and O–H groups in total. The number of aliphatic carboxylic acids is 1. The third-order valence-corrected chi connectivity index (χ3v) is 4.59. The van der Waals surface area contributed by atoms with Crippen LogP contribution in [-0.2, 0) is 14.3 Å². The zero-order valence-electron chi connectivity index (χ0n) is 13.1. The number of rotatable bonds is 4. The molecule has 0 unspecified atom stereocenters. The average Bonchev–Trinajstić information content (AvgIpc) is 3.02. The summed E-state index contributed by atoms with van der Waals surface area (Å²) in [7, 11) is 0. The number of carbonyl (C=O) groups is 2. The van der Waals surface area contributed by atoms with Crippen molar-refractivity contribution in [1.82, 2.24) is 0 Å². The predicted molar refractivity (Wildman–Crippen MR) is 83.5 cm³/mol. The molecular weight excluding hydrogens is 316 g/mol. The van der Waals surface area contributed by atoms with Gasteiger partial charge in [-0.2, -0.15) is 0 Å². The number of fused-ring (bicyclic) bond motifs is 2. The zero-order chi connectivity index (χ0) is 17.6. The number of ether oxygens (including phenoxy) is 1. The van der Waals surface area contributed by atoms with Crippen LogP contribution in [0.1, 0.15) is 12.5 Å². The van der Waals surface area contributed by atoms with Crippen molar-refractivity contribution in [3.8, 4) is 0 Å². The number of hydrogen-bond donors (Lipinski definition) is 2. The fraction of sp³-hybridized carbons (Fsp3) is 0.375. The van der Waals surface area contributed by atoms with Crippen LogP contribution < -0.4 is 5.32 Å². The molecule has 1 saturated heterocycles. The summed E-state index contributed by atoms with van der Waals surface area (Å²) in [5.41, 5.74) is -0.216. The number of nitro groups is 1. The van der Waals surface area contributed by atoms with Gasteiger partial charge in [0.1, 0.15) is 5.92 Å². The van der Waals surface area contributed by atoms with E-state index in [-0.39, 0.29) is 11.4 Å². The largest absolute Gasteiger partial charge is 0.481 e. The molecule has 126 valence electrons. The highest BCUT2D eigenvalue weighted by Crippen LogP contribution is 2.47. The lowest BCUT2D eigenvalue weighted by Crippen LogP contribution is -2.44. The van der Waals surface area contributed by atoms with Crippen molar-refractivity contribution in [3.63, 3.8) is 0 Å². The van der Waals surface area contributed by atoms with Crippen molar-refractivity contribution in [2.24, 2.45) is 11.8 Å². The molecule has 8 heteroatoms. The maximum absolute atomic E-state index is 12.7. The third kappa shape index (κ3) is 2.44. The van der Waals surface area contributed by atoms with Crippen LogP contribution in [0.5, 0.6) is 0 Å². The van der Waals surface area contributed by atoms with E-state index in [0.29, 0.717) is 5.56 Å². The number of nitrogens with one attached hydrogen (secondary N) is 1. The number of anilines is 1. The molecule has 0 spiro atoms. The van der Waals surface area contributed by atoms with E-state index in [1.165, 1.54) is 18.2 Å².